The number of anilines is 1. The Morgan fingerprint density at radius 1 is 0.895 bits per heavy atom. The lowest BCUT2D eigenvalue weighted by molar-refractivity contribution is -0.119. The molecule has 0 radical (unpaired) electrons. The minimum atomic E-state index is -4.12. The predicted octanol–water partition coefficient (Wildman–Crippen LogP) is 4.66. The number of sulfonamides is 1. The van der Waals surface area contributed by atoms with Crippen molar-refractivity contribution in [2.45, 2.75) is 38.5 Å². The molecule has 38 heavy (non-hydrogen) atoms. The third-order valence-corrected chi connectivity index (χ3v) is 7.65. The number of hydrogen-bond donors (Lipinski definition) is 1. The lowest BCUT2D eigenvalue weighted by atomic mass is 10.1. The Balaban J connectivity index is 1.75. The minimum Gasteiger partial charge on any atom is -0.493 e. The molecule has 0 aliphatic carbocycles. The van der Waals surface area contributed by atoms with Gasteiger partial charge in [-0.2, -0.15) is 0 Å². The number of methoxy groups -OCH3 is 2. The molecular weight excluding hydrogens is 504 g/mol. The summed E-state index contributed by atoms with van der Waals surface area (Å²) in [5.74, 6) is 0.947. The molecule has 1 N–H and O–H groups in total. The zero-order valence-corrected chi connectivity index (χ0v) is 23.4. The summed E-state index contributed by atoms with van der Waals surface area (Å²) in [6, 6.07) is 17.6. The summed E-state index contributed by atoms with van der Waals surface area (Å²) in [5, 5.41) is 2.76. The molecule has 204 valence electrons. The maximum atomic E-state index is 13.8. The van der Waals surface area contributed by atoms with Crippen LogP contribution in [0.1, 0.15) is 30.0 Å². The van der Waals surface area contributed by atoms with Gasteiger partial charge in [-0.1, -0.05) is 31.5 Å². The van der Waals surface area contributed by atoms with Gasteiger partial charge in [-0.15, -0.1) is 0 Å². The van der Waals surface area contributed by atoms with Gasteiger partial charge in [0.05, 0.1) is 31.3 Å². The molecule has 0 aliphatic rings. The van der Waals surface area contributed by atoms with Gasteiger partial charge < -0.3 is 19.5 Å². The van der Waals surface area contributed by atoms with Crippen LogP contribution in [0.4, 0.5) is 5.69 Å². The largest absolute Gasteiger partial charge is 0.493 e. The van der Waals surface area contributed by atoms with E-state index in [1.54, 1.807) is 12.1 Å². The SMILES string of the molecule is CCCc1ccc(OCCNC(=O)CN(c2cc(C)cc(C)c2)S(=O)(=O)c2ccc(OC)c(OC)c2)cc1. The summed E-state index contributed by atoms with van der Waals surface area (Å²) in [6.07, 6.45) is 2.09. The van der Waals surface area contributed by atoms with Crippen LogP contribution in [-0.2, 0) is 21.2 Å². The maximum Gasteiger partial charge on any atom is 0.264 e. The van der Waals surface area contributed by atoms with Crippen molar-refractivity contribution in [1.82, 2.24) is 5.32 Å². The van der Waals surface area contributed by atoms with E-state index in [1.807, 2.05) is 44.2 Å². The van der Waals surface area contributed by atoms with Crippen molar-refractivity contribution in [3.05, 3.63) is 77.4 Å². The van der Waals surface area contributed by atoms with Gasteiger partial charge in [0.1, 0.15) is 18.9 Å². The van der Waals surface area contributed by atoms with Crippen LogP contribution >= 0.6 is 0 Å². The van der Waals surface area contributed by atoms with Crippen LogP contribution in [0.2, 0.25) is 0 Å². The molecule has 8 nitrogen and oxygen atoms in total. The van der Waals surface area contributed by atoms with Crippen molar-refractivity contribution in [3.63, 3.8) is 0 Å². The summed E-state index contributed by atoms with van der Waals surface area (Å²) >= 11 is 0. The highest BCUT2D eigenvalue weighted by molar-refractivity contribution is 7.92. The van der Waals surface area contributed by atoms with Crippen molar-refractivity contribution in [2.24, 2.45) is 0 Å². The van der Waals surface area contributed by atoms with Gasteiger partial charge in [0, 0.05) is 6.07 Å². The van der Waals surface area contributed by atoms with E-state index in [-0.39, 0.29) is 23.8 Å². The molecular formula is C29H36N2O6S. The second-order valence-electron chi connectivity index (χ2n) is 8.97. The van der Waals surface area contributed by atoms with Crippen LogP contribution in [0.15, 0.2) is 65.6 Å². The monoisotopic (exact) mass is 540 g/mol. The van der Waals surface area contributed by atoms with Gasteiger partial charge in [-0.3, -0.25) is 9.10 Å². The second kappa shape index (κ2) is 13.2. The van der Waals surface area contributed by atoms with Crippen LogP contribution in [0, 0.1) is 13.8 Å². The molecule has 0 saturated heterocycles. The van der Waals surface area contributed by atoms with Crippen molar-refractivity contribution >= 4 is 21.6 Å². The number of aryl methyl sites for hydroxylation is 3. The van der Waals surface area contributed by atoms with Gasteiger partial charge in [-0.05, 0) is 73.4 Å². The van der Waals surface area contributed by atoms with Crippen molar-refractivity contribution in [1.29, 1.82) is 0 Å². The summed E-state index contributed by atoms with van der Waals surface area (Å²) in [5.41, 5.74) is 3.41. The van der Waals surface area contributed by atoms with Crippen LogP contribution in [0.25, 0.3) is 0 Å². The van der Waals surface area contributed by atoms with E-state index in [0.717, 1.165) is 28.3 Å². The number of nitrogens with one attached hydrogen (secondary N) is 1. The van der Waals surface area contributed by atoms with Gasteiger partial charge in [0.15, 0.2) is 11.5 Å². The molecule has 1 amide bonds. The fourth-order valence-corrected chi connectivity index (χ4v) is 5.52. The van der Waals surface area contributed by atoms with Crippen LogP contribution in [-0.4, -0.2) is 48.2 Å². The average molecular weight is 541 g/mol. The van der Waals surface area contributed by atoms with Gasteiger partial charge in [0.25, 0.3) is 10.0 Å². The lowest BCUT2D eigenvalue weighted by Gasteiger charge is -2.25. The number of rotatable bonds is 13. The van der Waals surface area contributed by atoms with Gasteiger partial charge >= 0.3 is 0 Å². The normalized spacial score (nSPS) is 11.1. The summed E-state index contributed by atoms with van der Waals surface area (Å²) in [6.45, 7) is 5.98. The topological polar surface area (TPSA) is 94.2 Å². The number of nitrogens with zero attached hydrogens (tertiary/aromatic N) is 1. The molecule has 0 atom stereocenters. The molecule has 0 saturated carbocycles. The minimum absolute atomic E-state index is 0.0167. The molecule has 3 rings (SSSR count). The average Bonchev–Trinajstić information content (AvgIpc) is 2.89. The Hall–Kier alpha value is -3.72. The molecule has 0 bridgehead atoms. The van der Waals surface area contributed by atoms with Crippen molar-refractivity contribution in [2.75, 3.05) is 38.2 Å². The van der Waals surface area contributed by atoms with Gasteiger partial charge in [0.2, 0.25) is 5.91 Å². The smallest absolute Gasteiger partial charge is 0.264 e. The van der Waals surface area contributed by atoms with Gasteiger partial charge in [-0.25, -0.2) is 8.42 Å². The van der Waals surface area contributed by atoms with E-state index in [9.17, 15) is 13.2 Å². The highest BCUT2D eigenvalue weighted by atomic mass is 32.2. The highest BCUT2D eigenvalue weighted by Crippen LogP contribution is 2.32. The number of amides is 1. The summed E-state index contributed by atoms with van der Waals surface area (Å²) in [4.78, 5) is 12.9. The maximum absolute atomic E-state index is 13.8. The quantitative estimate of drug-likeness (QED) is 0.317. The Kier molecular flexibility index (Phi) is 10.0. The molecule has 0 unspecified atom stereocenters. The lowest BCUT2D eigenvalue weighted by Crippen LogP contribution is -2.42. The first-order valence-electron chi connectivity index (χ1n) is 12.5. The second-order valence-corrected chi connectivity index (χ2v) is 10.8. The molecule has 0 spiro atoms. The number of carbonyl (C=O) groups excluding carboxylic acids is 1. The molecule has 0 heterocycles. The predicted molar refractivity (Wildman–Crippen MR) is 149 cm³/mol. The van der Waals surface area contributed by atoms with E-state index in [4.69, 9.17) is 14.2 Å². The van der Waals surface area contributed by atoms with E-state index in [2.05, 4.69) is 12.2 Å². The standard InChI is InChI=1S/C29H36N2O6S/c1-6-7-23-8-10-25(11-9-23)37-15-14-30-29(32)20-31(24-17-21(2)16-22(3)18-24)38(33,34)26-12-13-27(35-4)28(19-26)36-5/h8-13,16-19H,6-7,14-15,20H2,1-5H3,(H,30,32). The first-order valence-corrected chi connectivity index (χ1v) is 13.9. The van der Waals surface area contributed by atoms with Crippen molar-refractivity contribution in [3.8, 4) is 17.2 Å². The fraction of sp³-hybridized carbons (Fsp3) is 0.345. The molecule has 9 heteroatoms. The van der Waals surface area contributed by atoms with E-state index in [1.165, 1.54) is 38.0 Å². The number of carbonyl (C=O) groups is 1. The molecule has 3 aromatic rings. The molecule has 0 aliphatic heterocycles. The molecule has 3 aromatic carbocycles. The van der Waals surface area contributed by atoms with Crippen LogP contribution < -0.4 is 23.8 Å². The first-order chi connectivity index (χ1) is 18.2. The van der Waals surface area contributed by atoms with Crippen molar-refractivity contribution < 1.29 is 27.4 Å². The zero-order valence-electron chi connectivity index (χ0n) is 22.6. The first kappa shape index (κ1) is 28.8. The summed E-state index contributed by atoms with van der Waals surface area (Å²) < 4.78 is 44.9. The molecule has 0 aromatic heterocycles. The number of ether oxygens (including phenoxy) is 3. The van der Waals surface area contributed by atoms with E-state index < -0.39 is 22.5 Å². The zero-order chi connectivity index (χ0) is 27.7. The van der Waals surface area contributed by atoms with E-state index in [0.29, 0.717) is 17.2 Å². The third-order valence-electron chi connectivity index (χ3n) is 5.88. The Labute approximate surface area is 225 Å². The third kappa shape index (κ3) is 7.41. The fourth-order valence-electron chi connectivity index (χ4n) is 4.10. The Morgan fingerprint density at radius 3 is 2.16 bits per heavy atom. The Morgan fingerprint density at radius 2 is 1.55 bits per heavy atom. The summed E-state index contributed by atoms with van der Waals surface area (Å²) in [7, 11) is -1.21. The van der Waals surface area contributed by atoms with E-state index >= 15 is 0 Å². The Bertz CT molecular complexity index is 1320. The van der Waals surface area contributed by atoms with Crippen LogP contribution in [0.3, 0.4) is 0 Å². The van der Waals surface area contributed by atoms with Crippen LogP contribution in [0.5, 0.6) is 17.2 Å². The highest BCUT2D eigenvalue weighted by Gasteiger charge is 2.28. The number of hydrogen-bond acceptors (Lipinski definition) is 6. The number of benzene rings is 3. The molecule has 0 fully saturated rings.